The molecule has 3 rings (SSSR count). The van der Waals surface area contributed by atoms with Gasteiger partial charge in [-0.05, 0) is 23.3 Å². The van der Waals surface area contributed by atoms with Crippen LogP contribution in [-0.2, 0) is 13.1 Å². The Morgan fingerprint density at radius 3 is 1.79 bits per heavy atom. The van der Waals surface area contributed by atoms with Crippen molar-refractivity contribution in [3.63, 3.8) is 0 Å². The molecule has 0 saturated heterocycles. The van der Waals surface area contributed by atoms with E-state index in [1.54, 1.807) is 6.07 Å². The van der Waals surface area contributed by atoms with Gasteiger partial charge in [0.2, 0.25) is 0 Å². The van der Waals surface area contributed by atoms with E-state index in [1.165, 1.54) is 11.1 Å². The first-order valence-electron chi connectivity index (χ1n) is 7.89. The second-order valence-corrected chi connectivity index (χ2v) is 5.68. The van der Waals surface area contributed by atoms with Gasteiger partial charge in [0.25, 0.3) is 0 Å². The quantitative estimate of drug-likeness (QED) is 0.713. The lowest BCUT2D eigenvalue weighted by Crippen LogP contribution is -2.23. The molecule has 0 spiro atoms. The third-order valence-corrected chi connectivity index (χ3v) is 3.98. The molecule has 24 heavy (non-hydrogen) atoms. The van der Waals surface area contributed by atoms with E-state index >= 15 is 0 Å². The Bertz CT molecular complexity index is 794. The molecule has 0 heterocycles. The number of hydrogen-bond donors (Lipinski definition) is 1. The molecule has 0 aliphatic rings. The van der Waals surface area contributed by atoms with Crippen LogP contribution in [0.5, 0.6) is 0 Å². The molecule has 3 aromatic carbocycles. The van der Waals surface area contributed by atoms with Crippen LogP contribution in [0, 0.1) is 11.3 Å². The highest BCUT2D eigenvalue weighted by molar-refractivity contribution is 5.74. The van der Waals surface area contributed by atoms with Gasteiger partial charge in [-0.2, -0.15) is 5.26 Å². The van der Waals surface area contributed by atoms with Crippen LogP contribution in [0.1, 0.15) is 16.7 Å². The summed E-state index contributed by atoms with van der Waals surface area (Å²) in [5, 5.41) is 9.26. The van der Waals surface area contributed by atoms with Gasteiger partial charge in [0, 0.05) is 13.1 Å². The standard InChI is InChI=1S/C21H19N3/c22-14-19-12-7-13-20(21(19)23)24(15-17-8-3-1-4-9-17)16-18-10-5-2-6-11-18/h1-13H,15-16,23H2. The largest absolute Gasteiger partial charge is 0.396 e. The van der Waals surface area contributed by atoms with Crippen molar-refractivity contribution in [2.24, 2.45) is 0 Å². The van der Waals surface area contributed by atoms with Gasteiger partial charge in [0.1, 0.15) is 6.07 Å². The number of nitrogens with two attached hydrogens (primary N) is 1. The summed E-state index contributed by atoms with van der Waals surface area (Å²) in [5.41, 5.74) is 10.6. The maximum atomic E-state index is 9.26. The van der Waals surface area contributed by atoms with Crippen molar-refractivity contribution >= 4 is 11.4 Å². The molecule has 0 radical (unpaired) electrons. The van der Waals surface area contributed by atoms with Crippen LogP contribution >= 0.6 is 0 Å². The van der Waals surface area contributed by atoms with Crippen LogP contribution in [0.15, 0.2) is 78.9 Å². The molecule has 118 valence electrons. The zero-order valence-electron chi connectivity index (χ0n) is 13.4. The SMILES string of the molecule is N#Cc1cccc(N(Cc2ccccc2)Cc2ccccc2)c1N. The molecule has 0 fully saturated rings. The molecule has 3 nitrogen and oxygen atoms in total. The van der Waals surface area contributed by atoms with E-state index in [2.05, 4.69) is 35.2 Å². The highest BCUT2D eigenvalue weighted by atomic mass is 15.1. The summed E-state index contributed by atoms with van der Waals surface area (Å²) < 4.78 is 0. The molecular formula is C21H19N3. The Hall–Kier alpha value is -3.25. The second kappa shape index (κ2) is 7.34. The summed E-state index contributed by atoms with van der Waals surface area (Å²) in [6.45, 7) is 1.46. The Morgan fingerprint density at radius 2 is 1.29 bits per heavy atom. The average molecular weight is 313 g/mol. The van der Waals surface area contributed by atoms with Crippen molar-refractivity contribution in [3.05, 3.63) is 95.6 Å². The van der Waals surface area contributed by atoms with Crippen LogP contribution in [-0.4, -0.2) is 0 Å². The number of nitrogen functional groups attached to an aromatic ring is 1. The van der Waals surface area contributed by atoms with Gasteiger partial charge in [-0.3, -0.25) is 0 Å². The third kappa shape index (κ3) is 3.56. The van der Waals surface area contributed by atoms with Crippen molar-refractivity contribution < 1.29 is 0 Å². The zero-order valence-corrected chi connectivity index (χ0v) is 13.4. The first-order valence-corrected chi connectivity index (χ1v) is 7.89. The highest BCUT2D eigenvalue weighted by Crippen LogP contribution is 2.29. The van der Waals surface area contributed by atoms with Crippen molar-refractivity contribution in [3.8, 4) is 6.07 Å². The fourth-order valence-corrected chi connectivity index (χ4v) is 2.76. The van der Waals surface area contributed by atoms with Crippen LogP contribution in [0.2, 0.25) is 0 Å². The van der Waals surface area contributed by atoms with E-state index < -0.39 is 0 Å². The molecule has 3 heteroatoms. The van der Waals surface area contributed by atoms with Crippen LogP contribution in [0.25, 0.3) is 0 Å². The fourth-order valence-electron chi connectivity index (χ4n) is 2.76. The third-order valence-electron chi connectivity index (χ3n) is 3.98. The Balaban J connectivity index is 1.97. The zero-order chi connectivity index (χ0) is 16.8. The molecule has 0 unspecified atom stereocenters. The molecule has 0 bridgehead atoms. The molecule has 3 aromatic rings. The lowest BCUT2D eigenvalue weighted by molar-refractivity contribution is 0.801. The summed E-state index contributed by atoms with van der Waals surface area (Å²) in [6.07, 6.45) is 0. The smallest absolute Gasteiger partial charge is 0.101 e. The number of rotatable bonds is 5. The highest BCUT2D eigenvalue weighted by Gasteiger charge is 2.13. The minimum atomic E-state index is 0.513. The molecule has 2 N–H and O–H groups in total. The average Bonchev–Trinajstić information content (AvgIpc) is 2.63. The maximum Gasteiger partial charge on any atom is 0.101 e. The van der Waals surface area contributed by atoms with E-state index in [1.807, 2.05) is 48.5 Å². The van der Waals surface area contributed by atoms with E-state index in [9.17, 15) is 5.26 Å². The van der Waals surface area contributed by atoms with Crippen molar-refractivity contribution in [2.45, 2.75) is 13.1 Å². The summed E-state index contributed by atoms with van der Waals surface area (Å²) in [5.74, 6) is 0. The van der Waals surface area contributed by atoms with Crippen molar-refractivity contribution in [2.75, 3.05) is 10.6 Å². The Labute approximate surface area is 142 Å². The van der Waals surface area contributed by atoms with Gasteiger partial charge in [0.05, 0.1) is 16.9 Å². The fraction of sp³-hybridized carbons (Fsp3) is 0.0952. The first kappa shape index (κ1) is 15.6. The van der Waals surface area contributed by atoms with Crippen molar-refractivity contribution in [1.82, 2.24) is 0 Å². The summed E-state index contributed by atoms with van der Waals surface area (Å²) in [4.78, 5) is 2.21. The van der Waals surface area contributed by atoms with Gasteiger partial charge < -0.3 is 10.6 Å². The van der Waals surface area contributed by atoms with E-state index in [4.69, 9.17) is 5.73 Å². The normalized spacial score (nSPS) is 10.1. The monoisotopic (exact) mass is 313 g/mol. The summed E-state index contributed by atoms with van der Waals surface area (Å²) in [6, 6.07) is 28.3. The topological polar surface area (TPSA) is 53.0 Å². The number of nitriles is 1. The number of nitrogens with zero attached hydrogens (tertiary/aromatic N) is 2. The minimum absolute atomic E-state index is 0.513. The van der Waals surface area contributed by atoms with E-state index in [0.29, 0.717) is 11.3 Å². The lowest BCUT2D eigenvalue weighted by atomic mass is 10.1. The number of anilines is 2. The van der Waals surface area contributed by atoms with Crippen LogP contribution < -0.4 is 10.6 Å². The van der Waals surface area contributed by atoms with Gasteiger partial charge in [-0.1, -0.05) is 66.7 Å². The molecule has 0 atom stereocenters. The number of hydrogen-bond acceptors (Lipinski definition) is 3. The van der Waals surface area contributed by atoms with Gasteiger partial charge >= 0.3 is 0 Å². The number of para-hydroxylation sites is 1. The van der Waals surface area contributed by atoms with Crippen molar-refractivity contribution in [1.29, 1.82) is 5.26 Å². The second-order valence-electron chi connectivity index (χ2n) is 5.68. The van der Waals surface area contributed by atoms with E-state index in [0.717, 1.165) is 18.8 Å². The van der Waals surface area contributed by atoms with Crippen LogP contribution in [0.4, 0.5) is 11.4 Å². The minimum Gasteiger partial charge on any atom is -0.396 e. The molecule has 0 saturated carbocycles. The number of benzene rings is 3. The van der Waals surface area contributed by atoms with Gasteiger partial charge in [0.15, 0.2) is 0 Å². The Morgan fingerprint density at radius 1 is 0.750 bits per heavy atom. The molecule has 0 aliphatic carbocycles. The predicted molar refractivity (Wildman–Crippen MR) is 98.3 cm³/mol. The molecule has 0 amide bonds. The van der Waals surface area contributed by atoms with E-state index in [-0.39, 0.29) is 0 Å². The summed E-state index contributed by atoms with van der Waals surface area (Å²) in [7, 11) is 0. The Kier molecular flexibility index (Phi) is 4.78. The lowest BCUT2D eigenvalue weighted by Gasteiger charge is -2.27. The molecule has 0 aromatic heterocycles. The molecule has 0 aliphatic heterocycles. The molecular weight excluding hydrogens is 294 g/mol. The van der Waals surface area contributed by atoms with Crippen LogP contribution in [0.3, 0.4) is 0 Å². The van der Waals surface area contributed by atoms with Gasteiger partial charge in [-0.25, -0.2) is 0 Å². The van der Waals surface area contributed by atoms with Gasteiger partial charge in [-0.15, -0.1) is 0 Å². The maximum absolute atomic E-state index is 9.26. The summed E-state index contributed by atoms with van der Waals surface area (Å²) >= 11 is 0. The predicted octanol–water partition coefficient (Wildman–Crippen LogP) is 4.35. The first-order chi connectivity index (χ1) is 11.8.